The van der Waals surface area contributed by atoms with Crippen molar-refractivity contribution in [3.63, 3.8) is 0 Å². The Labute approximate surface area is 226 Å². The van der Waals surface area contributed by atoms with Crippen LogP contribution in [0.4, 0.5) is 13.2 Å². The van der Waals surface area contributed by atoms with Crippen LogP contribution in [-0.4, -0.2) is 35.5 Å². The van der Waals surface area contributed by atoms with Crippen molar-refractivity contribution < 1.29 is 32.2 Å². The minimum absolute atomic E-state index is 0.251. The van der Waals surface area contributed by atoms with Gasteiger partial charge < -0.3 is 14.2 Å². The van der Waals surface area contributed by atoms with Gasteiger partial charge in [-0.3, -0.25) is 9.78 Å². The van der Waals surface area contributed by atoms with E-state index in [0.717, 1.165) is 11.1 Å². The van der Waals surface area contributed by atoms with Gasteiger partial charge in [0.05, 0.1) is 36.2 Å². The van der Waals surface area contributed by atoms with Gasteiger partial charge in [-0.15, -0.1) is 0 Å². The number of halogens is 4. The molecule has 0 saturated heterocycles. The summed E-state index contributed by atoms with van der Waals surface area (Å²) in [5, 5.41) is 0.381. The number of ether oxygens (including phenoxy) is 3. The second kappa shape index (κ2) is 10.5. The fourth-order valence-corrected chi connectivity index (χ4v) is 4.95. The Morgan fingerprint density at radius 1 is 1.00 bits per heavy atom. The maximum atomic E-state index is 13.8. The number of fused-ring (bicyclic) bond motifs is 1. The van der Waals surface area contributed by atoms with Gasteiger partial charge in [0.2, 0.25) is 17.6 Å². The van der Waals surface area contributed by atoms with Gasteiger partial charge in [0.25, 0.3) is 0 Å². The van der Waals surface area contributed by atoms with Crippen LogP contribution in [0.25, 0.3) is 22.5 Å². The van der Waals surface area contributed by atoms with Gasteiger partial charge in [-0.2, -0.15) is 18.2 Å². The summed E-state index contributed by atoms with van der Waals surface area (Å²) in [5.74, 6) is -0.471. The molecule has 0 saturated carbocycles. The van der Waals surface area contributed by atoms with Crippen molar-refractivity contribution in [2.24, 2.45) is 0 Å². The third-order valence-corrected chi connectivity index (χ3v) is 6.81. The van der Waals surface area contributed by atoms with Crippen LogP contribution < -0.4 is 14.2 Å². The van der Waals surface area contributed by atoms with Crippen LogP contribution in [0.3, 0.4) is 0 Å². The first-order chi connectivity index (χ1) is 18.7. The Bertz CT molecular complexity index is 1560. The van der Waals surface area contributed by atoms with Crippen molar-refractivity contribution in [1.82, 2.24) is 15.0 Å². The van der Waals surface area contributed by atoms with Gasteiger partial charge in [0.15, 0.2) is 6.29 Å². The molecule has 1 aliphatic rings. The highest BCUT2D eigenvalue weighted by Gasteiger charge is 2.38. The first-order valence-corrected chi connectivity index (χ1v) is 12.2. The highest BCUT2D eigenvalue weighted by atomic mass is 35.5. The third-order valence-electron chi connectivity index (χ3n) is 6.43. The van der Waals surface area contributed by atoms with E-state index in [1.807, 2.05) is 12.1 Å². The van der Waals surface area contributed by atoms with E-state index in [0.29, 0.717) is 52.3 Å². The lowest BCUT2D eigenvalue weighted by molar-refractivity contribution is -0.139. The zero-order chi connectivity index (χ0) is 27.7. The summed E-state index contributed by atoms with van der Waals surface area (Å²) < 4.78 is 57.5. The largest absolute Gasteiger partial charge is 0.481 e. The van der Waals surface area contributed by atoms with Crippen LogP contribution in [0.2, 0.25) is 5.02 Å². The SMILES string of the molecule is COc1cccc(-c2ccnc(-c3cccc4c3CC[C@@H]4Oc3nc(OC)c(C=O)cc3C(F)(F)F)c2Cl)n1. The monoisotopic (exact) mass is 555 g/mol. The topological polar surface area (TPSA) is 83.4 Å². The summed E-state index contributed by atoms with van der Waals surface area (Å²) in [6.45, 7) is 0. The zero-order valence-electron chi connectivity index (χ0n) is 20.8. The average molecular weight is 556 g/mol. The molecule has 3 heterocycles. The standard InChI is InChI=1S/C28H21ClF3N3O4/c1-37-23-8-4-7-21(34-23)19-11-12-33-25(24(19)29)18-6-3-5-17-16(18)9-10-22(17)39-27-20(28(30,31)32)13-15(14-36)26(35-27)38-2/h3-8,11-14,22H,9-10H2,1-2H3/t22-/m0/s1. The fourth-order valence-electron chi connectivity index (χ4n) is 4.64. The van der Waals surface area contributed by atoms with E-state index < -0.39 is 23.7 Å². The van der Waals surface area contributed by atoms with Crippen molar-refractivity contribution in [3.05, 3.63) is 82.0 Å². The Balaban J connectivity index is 1.54. The molecule has 1 aromatic carbocycles. The Hall–Kier alpha value is -4.18. The summed E-state index contributed by atoms with van der Waals surface area (Å²) in [6, 6.07) is 13.2. The van der Waals surface area contributed by atoms with Gasteiger partial charge >= 0.3 is 6.18 Å². The minimum atomic E-state index is -4.79. The number of hydrogen-bond acceptors (Lipinski definition) is 7. The van der Waals surface area contributed by atoms with Crippen molar-refractivity contribution in [1.29, 1.82) is 0 Å². The summed E-state index contributed by atoms with van der Waals surface area (Å²) in [5.41, 5.74) is 2.60. The van der Waals surface area contributed by atoms with E-state index in [1.54, 1.807) is 36.5 Å². The van der Waals surface area contributed by atoms with Gasteiger partial charge in [-0.05, 0) is 42.2 Å². The number of carbonyl (C=O) groups excluding carboxylic acids is 1. The molecular formula is C28H21ClF3N3O4. The number of aromatic nitrogens is 3. The quantitative estimate of drug-likeness (QED) is 0.233. The maximum absolute atomic E-state index is 13.8. The molecule has 0 N–H and O–H groups in total. The lowest BCUT2D eigenvalue weighted by atomic mass is 9.98. The molecule has 1 atom stereocenters. The van der Waals surface area contributed by atoms with E-state index in [4.69, 9.17) is 25.8 Å². The second-order valence-corrected chi connectivity index (χ2v) is 9.04. The zero-order valence-corrected chi connectivity index (χ0v) is 21.5. The number of benzene rings is 1. The smallest absolute Gasteiger partial charge is 0.421 e. The molecule has 39 heavy (non-hydrogen) atoms. The van der Waals surface area contributed by atoms with Crippen LogP contribution in [0.5, 0.6) is 17.6 Å². The number of carbonyl (C=O) groups is 1. The molecule has 5 rings (SSSR count). The molecule has 200 valence electrons. The molecule has 11 heteroatoms. The Morgan fingerprint density at radius 3 is 2.51 bits per heavy atom. The summed E-state index contributed by atoms with van der Waals surface area (Å²) in [6.07, 6.45) is -2.71. The summed E-state index contributed by atoms with van der Waals surface area (Å²) >= 11 is 6.82. The van der Waals surface area contributed by atoms with Crippen molar-refractivity contribution >= 4 is 17.9 Å². The van der Waals surface area contributed by atoms with E-state index in [-0.39, 0.29) is 17.7 Å². The number of hydrogen-bond donors (Lipinski definition) is 0. The molecule has 0 spiro atoms. The van der Waals surface area contributed by atoms with E-state index in [9.17, 15) is 18.0 Å². The highest BCUT2D eigenvalue weighted by Crippen LogP contribution is 2.45. The summed E-state index contributed by atoms with van der Waals surface area (Å²) in [7, 11) is 2.74. The van der Waals surface area contributed by atoms with Crippen molar-refractivity contribution in [2.45, 2.75) is 25.1 Å². The van der Waals surface area contributed by atoms with Crippen LogP contribution in [0.15, 0.2) is 54.7 Å². The first-order valence-electron chi connectivity index (χ1n) is 11.8. The fraction of sp³-hybridized carbons (Fsp3) is 0.214. The minimum Gasteiger partial charge on any atom is -0.481 e. The normalized spacial score (nSPS) is 14.6. The van der Waals surface area contributed by atoms with E-state index in [1.165, 1.54) is 14.2 Å². The second-order valence-electron chi connectivity index (χ2n) is 8.66. The highest BCUT2D eigenvalue weighted by molar-refractivity contribution is 6.35. The number of methoxy groups -OCH3 is 2. The van der Waals surface area contributed by atoms with Crippen LogP contribution >= 0.6 is 11.6 Å². The van der Waals surface area contributed by atoms with Crippen LogP contribution in [0, 0.1) is 0 Å². The van der Waals surface area contributed by atoms with Gasteiger partial charge in [-0.1, -0.05) is 35.9 Å². The van der Waals surface area contributed by atoms with Crippen LogP contribution in [-0.2, 0) is 12.6 Å². The lowest BCUT2D eigenvalue weighted by Gasteiger charge is -2.19. The van der Waals surface area contributed by atoms with Crippen molar-refractivity contribution in [3.8, 4) is 40.2 Å². The molecule has 0 fully saturated rings. The van der Waals surface area contributed by atoms with Gasteiger partial charge in [0, 0.05) is 23.4 Å². The number of nitrogens with zero attached hydrogens (tertiary/aromatic N) is 3. The molecule has 0 radical (unpaired) electrons. The molecule has 0 amide bonds. The van der Waals surface area contributed by atoms with E-state index in [2.05, 4.69) is 15.0 Å². The summed E-state index contributed by atoms with van der Waals surface area (Å²) in [4.78, 5) is 24.1. The molecule has 3 aromatic heterocycles. The van der Waals surface area contributed by atoms with Gasteiger partial charge in [-0.25, -0.2) is 4.98 Å². The number of pyridine rings is 3. The number of rotatable bonds is 7. The Kier molecular flexibility index (Phi) is 7.14. The number of aldehydes is 1. The van der Waals surface area contributed by atoms with E-state index >= 15 is 0 Å². The molecule has 1 aliphatic carbocycles. The molecule has 0 bridgehead atoms. The molecule has 4 aromatic rings. The number of alkyl halides is 3. The maximum Gasteiger partial charge on any atom is 0.421 e. The third kappa shape index (κ3) is 4.99. The predicted molar refractivity (Wildman–Crippen MR) is 137 cm³/mol. The molecular weight excluding hydrogens is 535 g/mol. The predicted octanol–water partition coefficient (Wildman–Crippen LogP) is 6.77. The molecule has 0 aliphatic heterocycles. The van der Waals surface area contributed by atoms with Crippen molar-refractivity contribution in [2.75, 3.05) is 14.2 Å². The van der Waals surface area contributed by atoms with Gasteiger partial charge in [0.1, 0.15) is 11.7 Å². The first kappa shape index (κ1) is 26.4. The molecule has 0 unspecified atom stereocenters. The lowest BCUT2D eigenvalue weighted by Crippen LogP contribution is -2.14. The Morgan fingerprint density at radius 2 is 1.79 bits per heavy atom. The van der Waals surface area contributed by atoms with Crippen LogP contribution in [0.1, 0.15) is 39.6 Å². The molecule has 7 nitrogen and oxygen atoms in total. The average Bonchev–Trinajstić information content (AvgIpc) is 3.35.